The van der Waals surface area contributed by atoms with Crippen LogP contribution in [0.2, 0.25) is 5.02 Å². The number of nitrogens with one attached hydrogen (secondary N) is 1. The van der Waals surface area contributed by atoms with E-state index in [9.17, 15) is 9.59 Å². The molecule has 0 aliphatic rings. The fourth-order valence-corrected chi connectivity index (χ4v) is 2.65. The van der Waals surface area contributed by atoms with Gasteiger partial charge in [0.15, 0.2) is 5.58 Å². The van der Waals surface area contributed by atoms with E-state index in [0.717, 1.165) is 5.69 Å². The summed E-state index contributed by atoms with van der Waals surface area (Å²) in [5, 5.41) is 3.36. The molecule has 124 valence electrons. The Morgan fingerprint density at radius 1 is 1.38 bits per heavy atom. The van der Waals surface area contributed by atoms with Gasteiger partial charge in [-0.2, -0.15) is 0 Å². The standard InChI is InChI=1S/C17H16ClN3O3/c1-11(13-4-2-3-8-19-13)20-16(22)7-9-21-14-6-5-12(18)10-15(14)24-17(21)23/h2-6,8,10-11H,7,9H2,1H3,(H,20,22)/t11-/m0/s1. The van der Waals surface area contributed by atoms with Gasteiger partial charge in [-0.15, -0.1) is 0 Å². The van der Waals surface area contributed by atoms with Gasteiger partial charge in [0, 0.05) is 30.3 Å². The van der Waals surface area contributed by atoms with Crippen molar-refractivity contribution in [3.05, 3.63) is 63.9 Å². The molecule has 0 saturated carbocycles. The number of aromatic nitrogens is 2. The minimum absolute atomic E-state index is 0.161. The van der Waals surface area contributed by atoms with E-state index in [4.69, 9.17) is 16.0 Å². The molecule has 1 N–H and O–H groups in total. The van der Waals surface area contributed by atoms with Crippen LogP contribution >= 0.6 is 11.6 Å². The zero-order valence-corrected chi connectivity index (χ0v) is 13.8. The number of carbonyl (C=O) groups is 1. The van der Waals surface area contributed by atoms with Gasteiger partial charge < -0.3 is 9.73 Å². The zero-order chi connectivity index (χ0) is 17.1. The van der Waals surface area contributed by atoms with E-state index >= 15 is 0 Å². The lowest BCUT2D eigenvalue weighted by Gasteiger charge is -2.13. The Balaban J connectivity index is 1.67. The first-order chi connectivity index (χ1) is 11.5. The van der Waals surface area contributed by atoms with Gasteiger partial charge in [-0.05, 0) is 31.2 Å². The number of pyridine rings is 1. The summed E-state index contributed by atoms with van der Waals surface area (Å²) in [5.41, 5.74) is 1.82. The summed E-state index contributed by atoms with van der Waals surface area (Å²) in [7, 11) is 0. The highest BCUT2D eigenvalue weighted by Crippen LogP contribution is 2.18. The van der Waals surface area contributed by atoms with Crippen LogP contribution in [0.5, 0.6) is 0 Å². The smallest absolute Gasteiger partial charge is 0.408 e. The lowest BCUT2D eigenvalue weighted by atomic mass is 10.2. The molecule has 1 atom stereocenters. The molecule has 2 heterocycles. The third kappa shape index (κ3) is 3.49. The summed E-state index contributed by atoms with van der Waals surface area (Å²) in [6.45, 7) is 2.09. The van der Waals surface area contributed by atoms with Crippen LogP contribution in [0.15, 0.2) is 51.8 Å². The van der Waals surface area contributed by atoms with Crippen LogP contribution in [-0.4, -0.2) is 15.5 Å². The number of halogens is 1. The lowest BCUT2D eigenvalue weighted by molar-refractivity contribution is -0.122. The van der Waals surface area contributed by atoms with Gasteiger partial charge in [-0.25, -0.2) is 4.79 Å². The number of rotatable bonds is 5. The molecule has 24 heavy (non-hydrogen) atoms. The molecule has 0 aliphatic heterocycles. The summed E-state index contributed by atoms with van der Waals surface area (Å²) in [4.78, 5) is 28.2. The lowest BCUT2D eigenvalue weighted by Crippen LogP contribution is -2.29. The van der Waals surface area contributed by atoms with Crippen molar-refractivity contribution in [2.24, 2.45) is 0 Å². The molecule has 0 unspecified atom stereocenters. The van der Waals surface area contributed by atoms with Crippen molar-refractivity contribution in [3.8, 4) is 0 Å². The number of amides is 1. The molecule has 0 saturated heterocycles. The Labute approximate surface area is 143 Å². The fourth-order valence-electron chi connectivity index (χ4n) is 2.48. The molecule has 3 aromatic rings. The highest BCUT2D eigenvalue weighted by molar-refractivity contribution is 6.31. The van der Waals surface area contributed by atoms with Crippen LogP contribution in [0.4, 0.5) is 0 Å². The first kappa shape index (κ1) is 16.3. The number of aryl methyl sites for hydroxylation is 1. The summed E-state index contributed by atoms with van der Waals surface area (Å²) < 4.78 is 6.57. The molecular weight excluding hydrogens is 330 g/mol. The van der Waals surface area contributed by atoms with Gasteiger partial charge in [0.25, 0.3) is 0 Å². The maximum atomic E-state index is 12.1. The molecule has 7 heteroatoms. The largest absolute Gasteiger partial charge is 0.419 e. The SMILES string of the molecule is C[C@H](NC(=O)CCn1c(=O)oc2cc(Cl)ccc21)c1ccccn1. The minimum Gasteiger partial charge on any atom is -0.408 e. The molecule has 3 rings (SSSR count). The Kier molecular flexibility index (Phi) is 4.66. The second-order valence-corrected chi connectivity index (χ2v) is 5.86. The van der Waals surface area contributed by atoms with Crippen LogP contribution in [0.3, 0.4) is 0 Å². The van der Waals surface area contributed by atoms with Crippen molar-refractivity contribution in [1.82, 2.24) is 14.9 Å². The van der Waals surface area contributed by atoms with Crippen molar-refractivity contribution in [1.29, 1.82) is 0 Å². The average Bonchev–Trinajstić information content (AvgIpc) is 2.88. The van der Waals surface area contributed by atoms with E-state index in [0.29, 0.717) is 16.1 Å². The predicted octanol–water partition coefficient (Wildman–Crippen LogP) is 2.91. The molecule has 0 fully saturated rings. The number of hydrogen-bond acceptors (Lipinski definition) is 4. The van der Waals surface area contributed by atoms with E-state index in [1.165, 1.54) is 4.57 Å². The monoisotopic (exact) mass is 345 g/mol. The average molecular weight is 346 g/mol. The third-order valence-electron chi connectivity index (χ3n) is 3.70. The van der Waals surface area contributed by atoms with E-state index in [1.807, 2.05) is 25.1 Å². The van der Waals surface area contributed by atoms with Crippen molar-refractivity contribution < 1.29 is 9.21 Å². The Morgan fingerprint density at radius 2 is 2.21 bits per heavy atom. The predicted molar refractivity (Wildman–Crippen MR) is 90.9 cm³/mol. The number of carbonyl (C=O) groups excluding carboxylic acids is 1. The number of hydrogen-bond donors (Lipinski definition) is 1. The first-order valence-corrected chi connectivity index (χ1v) is 7.91. The van der Waals surface area contributed by atoms with Gasteiger partial charge in [0.05, 0.1) is 17.3 Å². The molecule has 0 aliphatic carbocycles. The third-order valence-corrected chi connectivity index (χ3v) is 3.94. The van der Waals surface area contributed by atoms with Crippen LogP contribution in [-0.2, 0) is 11.3 Å². The molecule has 2 aromatic heterocycles. The molecule has 0 bridgehead atoms. The Bertz CT molecular complexity index is 918. The molecule has 1 amide bonds. The van der Waals surface area contributed by atoms with Gasteiger partial charge in [-0.3, -0.25) is 14.3 Å². The topological polar surface area (TPSA) is 77.1 Å². The van der Waals surface area contributed by atoms with Gasteiger partial charge >= 0.3 is 5.76 Å². The maximum absolute atomic E-state index is 12.1. The van der Waals surface area contributed by atoms with Crippen molar-refractivity contribution in [2.75, 3.05) is 0 Å². The number of fused-ring (bicyclic) bond motifs is 1. The highest BCUT2D eigenvalue weighted by Gasteiger charge is 2.13. The van der Waals surface area contributed by atoms with E-state index in [2.05, 4.69) is 10.3 Å². The fraction of sp³-hybridized carbons (Fsp3) is 0.235. The number of nitrogens with zero attached hydrogens (tertiary/aromatic N) is 2. The molecule has 6 nitrogen and oxygen atoms in total. The molecular formula is C17H16ClN3O3. The molecule has 0 spiro atoms. The summed E-state index contributed by atoms with van der Waals surface area (Å²) in [6.07, 6.45) is 1.84. The van der Waals surface area contributed by atoms with Gasteiger partial charge in [0.2, 0.25) is 5.91 Å². The van der Waals surface area contributed by atoms with Crippen molar-refractivity contribution >= 4 is 28.6 Å². The van der Waals surface area contributed by atoms with E-state index < -0.39 is 5.76 Å². The van der Waals surface area contributed by atoms with Crippen LogP contribution < -0.4 is 11.1 Å². The maximum Gasteiger partial charge on any atom is 0.419 e. The van der Waals surface area contributed by atoms with Crippen molar-refractivity contribution in [3.63, 3.8) is 0 Å². The Hall–Kier alpha value is -2.60. The summed E-state index contributed by atoms with van der Waals surface area (Å²) in [5.74, 6) is -0.666. The first-order valence-electron chi connectivity index (χ1n) is 7.54. The van der Waals surface area contributed by atoms with Crippen LogP contribution in [0.25, 0.3) is 11.1 Å². The van der Waals surface area contributed by atoms with Gasteiger partial charge in [-0.1, -0.05) is 17.7 Å². The second kappa shape index (κ2) is 6.88. The van der Waals surface area contributed by atoms with Crippen LogP contribution in [0.1, 0.15) is 25.1 Å². The van der Waals surface area contributed by atoms with Crippen molar-refractivity contribution in [2.45, 2.75) is 25.9 Å². The van der Waals surface area contributed by atoms with Gasteiger partial charge in [0.1, 0.15) is 0 Å². The van der Waals surface area contributed by atoms with Crippen LogP contribution in [0, 0.1) is 0 Å². The Morgan fingerprint density at radius 3 is 2.96 bits per heavy atom. The number of oxazole rings is 1. The van der Waals surface area contributed by atoms with E-state index in [1.54, 1.807) is 24.4 Å². The quantitative estimate of drug-likeness (QED) is 0.771. The summed E-state index contributed by atoms with van der Waals surface area (Å²) in [6, 6.07) is 10.3. The highest BCUT2D eigenvalue weighted by atomic mass is 35.5. The van der Waals surface area contributed by atoms with E-state index in [-0.39, 0.29) is 24.9 Å². The molecule has 1 aromatic carbocycles. The normalized spacial score (nSPS) is 12.2. The minimum atomic E-state index is -0.502. The second-order valence-electron chi connectivity index (χ2n) is 5.43. The summed E-state index contributed by atoms with van der Waals surface area (Å²) >= 11 is 5.88. The molecule has 0 radical (unpaired) electrons. The number of benzene rings is 1. The zero-order valence-electron chi connectivity index (χ0n) is 13.0.